The van der Waals surface area contributed by atoms with Crippen LogP contribution in [0.4, 0.5) is 8.78 Å². The molecule has 0 aromatic heterocycles. The number of hydrogen-bond acceptors (Lipinski definition) is 4. The zero-order valence-electron chi connectivity index (χ0n) is 14.3. The van der Waals surface area contributed by atoms with E-state index in [0.29, 0.717) is 13.0 Å². The largest absolute Gasteiger partial charge is 0.463 e. The molecule has 2 rings (SSSR count). The first-order valence-electron chi connectivity index (χ1n) is 8.33. The fourth-order valence-electron chi connectivity index (χ4n) is 3.17. The summed E-state index contributed by atoms with van der Waals surface area (Å²) >= 11 is 0. The minimum atomic E-state index is -2.87. The van der Waals surface area contributed by atoms with Crippen molar-refractivity contribution in [1.29, 1.82) is 5.41 Å². The van der Waals surface area contributed by atoms with Crippen LogP contribution in [0.3, 0.4) is 0 Å². The quantitative estimate of drug-likeness (QED) is 0.326. The second kappa shape index (κ2) is 7.91. The number of carbonyl (C=O) groups is 1. The van der Waals surface area contributed by atoms with E-state index in [4.69, 9.17) is 10.1 Å². The SMILES string of the molecule is CN(C=N)CCCOC(=O)[C@](O)(c1ccccc1)[C@@H]1CCC(F)(F)C1. The van der Waals surface area contributed by atoms with Crippen LogP contribution in [0.1, 0.15) is 31.2 Å². The van der Waals surface area contributed by atoms with Crippen molar-refractivity contribution in [1.82, 2.24) is 4.90 Å². The second-order valence-corrected chi connectivity index (χ2v) is 6.53. The molecular formula is C18H24F2N2O3. The van der Waals surface area contributed by atoms with Gasteiger partial charge in [-0.05, 0) is 18.4 Å². The molecule has 1 fully saturated rings. The maximum atomic E-state index is 13.6. The Labute approximate surface area is 146 Å². The van der Waals surface area contributed by atoms with Crippen molar-refractivity contribution in [2.75, 3.05) is 20.2 Å². The highest BCUT2D eigenvalue weighted by Gasteiger charge is 2.54. The highest BCUT2D eigenvalue weighted by molar-refractivity contribution is 5.81. The Morgan fingerprint density at radius 1 is 1.48 bits per heavy atom. The molecule has 138 valence electrons. The van der Waals surface area contributed by atoms with Crippen molar-refractivity contribution in [2.24, 2.45) is 5.92 Å². The van der Waals surface area contributed by atoms with Crippen LogP contribution in [0.2, 0.25) is 0 Å². The standard InChI is InChI=1S/C18H24F2N2O3/c1-22(13-21)10-5-11-25-16(23)18(24,14-6-3-2-4-7-14)15-8-9-17(19,20)12-15/h2-4,6-7,13,15,21,24H,5,8-12H2,1H3/t15-,18+/m1/s1. The Morgan fingerprint density at radius 2 is 2.16 bits per heavy atom. The van der Waals surface area contributed by atoms with E-state index in [1.165, 1.54) is 0 Å². The Kier molecular flexibility index (Phi) is 6.11. The summed E-state index contributed by atoms with van der Waals surface area (Å²) < 4.78 is 32.5. The molecule has 1 aromatic rings. The number of hydrogen-bond donors (Lipinski definition) is 2. The number of nitrogens with zero attached hydrogens (tertiary/aromatic N) is 1. The van der Waals surface area contributed by atoms with E-state index >= 15 is 0 Å². The summed E-state index contributed by atoms with van der Waals surface area (Å²) in [5, 5.41) is 18.2. The van der Waals surface area contributed by atoms with E-state index < -0.39 is 29.8 Å². The lowest BCUT2D eigenvalue weighted by atomic mass is 9.80. The topological polar surface area (TPSA) is 73.6 Å². The molecule has 1 aliphatic carbocycles. The van der Waals surface area contributed by atoms with Gasteiger partial charge in [0.1, 0.15) is 0 Å². The van der Waals surface area contributed by atoms with Gasteiger partial charge < -0.3 is 14.7 Å². The molecule has 0 saturated heterocycles. The number of ether oxygens (including phenoxy) is 1. The number of nitrogens with one attached hydrogen (secondary N) is 1. The van der Waals surface area contributed by atoms with Crippen LogP contribution in [0, 0.1) is 11.3 Å². The molecule has 0 spiro atoms. The van der Waals surface area contributed by atoms with E-state index in [-0.39, 0.29) is 25.0 Å². The number of carbonyl (C=O) groups excluding carboxylic acids is 1. The van der Waals surface area contributed by atoms with Gasteiger partial charge in [-0.3, -0.25) is 5.41 Å². The number of alkyl halides is 2. The molecular weight excluding hydrogens is 330 g/mol. The fourth-order valence-corrected chi connectivity index (χ4v) is 3.17. The second-order valence-electron chi connectivity index (χ2n) is 6.53. The van der Waals surface area contributed by atoms with Crippen molar-refractivity contribution in [3.8, 4) is 0 Å². The van der Waals surface area contributed by atoms with Crippen molar-refractivity contribution in [3.63, 3.8) is 0 Å². The highest BCUT2D eigenvalue weighted by atomic mass is 19.3. The first-order valence-corrected chi connectivity index (χ1v) is 8.33. The number of halogens is 2. The molecule has 0 heterocycles. The lowest BCUT2D eigenvalue weighted by Crippen LogP contribution is -2.44. The van der Waals surface area contributed by atoms with Gasteiger partial charge in [-0.15, -0.1) is 0 Å². The molecule has 0 radical (unpaired) electrons. The lowest BCUT2D eigenvalue weighted by Gasteiger charge is -2.32. The summed E-state index contributed by atoms with van der Waals surface area (Å²) in [6, 6.07) is 8.15. The smallest absolute Gasteiger partial charge is 0.343 e. The monoisotopic (exact) mass is 354 g/mol. The van der Waals surface area contributed by atoms with Crippen LogP contribution in [0.15, 0.2) is 30.3 Å². The predicted octanol–water partition coefficient (Wildman–Crippen LogP) is 2.78. The molecule has 0 bridgehead atoms. The maximum absolute atomic E-state index is 13.6. The van der Waals surface area contributed by atoms with Crippen molar-refractivity contribution >= 4 is 12.3 Å². The van der Waals surface area contributed by atoms with Crippen LogP contribution in [-0.2, 0) is 15.1 Å². The third-order valence-corrected chi connectivity index (χ3v) is 4.63. The summed E-state index contributed by atoms with van der Waals surface area (Å²) in [5.74, 6) is -4.65. The van der Waals surface area contributed by atoms with E-state index in [1.54, 1.807) is 42.3 Å². The van der Waals surface area contributed by atoms with Crippen LogP contribution in [0.5, 0.6) is 0 Å². The summed E-state index contributed by atoms with van der Waals surface area (Å²) in [6.45, 7) is 0.567. The first kappa shape index (κ1) is 19.3. The van der Waals surface area contributed by atoms with Gasteiger partial charge in [0.2, 0.25) is 5.92 Å². The first-order chi connectivity index (χ1) is 11.8. The average Bonchev–Trinajstić information content (AvgIpc) is 2.98. The van der Waals surface area contributed by atoms with Gasteiger partial charge in [0.15, 0.2) is 5.60 Å². The van der Waals surface area contributed by atoms with Crippen LogP contribution >= 0.6 is 0 Å². The van der Waals surface area contributed by atoms with Gasteiger partial charge in [-0.25, -0.2) is 13.6 Å². The van der Waals surface area contributed by atoms with Gasteiger partial charge in [0.25, 0.3) is 0 Å². The Hall–Kier alpha value is -2.02. The molecule has 25 heavy (non-hydrogen) atoms. The minimum Gasteiger partial charge on any atom is -0.463 e. The van der Waals surface area contributed by atoms with Gasteiger partial charge in [0.05, 0.1) is 12.9 Å². The van der Waals surface area contributed by atoms with Crippen LogP contribution in [0.25, 0.3) is 0 Å². The summed E-state index contributed by atoms with van der Waals surface area (Å²) in [7, 11) is 1.72. The molecule has 7 heteroatoms. The predicted molar refractivity (Wildman–Crippen MR) is 89.6 cm³/mol. The Balaban J connectivity index is 2.12. The molecule has 2 N–H and O–H groups in total. The summed E-state index contributed by atoms with van der Waals surface area (Å²) in [4.78, 5) is 14.2. The van der Waals surface area contributed by atoms with E-state index in [0.717, 1.165) is 6.34 Å². The van der Waals surface area contributed by atoms with Crippen LogP contribution in [-0.4, -0.2) is 48.4 Å². The normalized spacial score (nSPS) is 21.4. The third-order valence-electron chi connectivity index (χ3n) is 4.63. The molecule has 1 aromatic carbocycles. The molecule has 0 amide bonds. The molecule has 5 nitrogen and oxygen atoms in total. The highest BCUT2D eigenvalue weighted by Crippen LogP contribution is 2.47. The van der Waals surface area contributed by atoms with Gasteiger partial charge in [-0.1, -0.05) is 30.3 Å². The van der Waals surface area contributed by atoms with E-state index in [2.05, 4.69) is 0 Å². The Bertz CT molecular complexity index is 597. The zero-order valence-corrected chi connectivity index (χ0v) is 14.3. The number of benzene rings is 1. The van der Waals surface area contributed by atoms with E-state index in [9.17, 15) is 18.7 Å². The van der Waals surface area contributed by atoms with Gasteiger partial charge in [0, 0.05) is 32.4 Å². The molecule has 0 unspecified atom stereocenters. The van der Waals surface area contributed by atoms with E-state index in [1.807, 2.05) is 0 Å². The lowest BCUT2D eigenvalue weighted by molar-refractivity contribution is -0.175. The molecule has 1 aliphatic rings. The zero-order chi connectivity index (χ0) is 18.5. The number of rotatable bonds is 8. The van der Waals surface area contributed by atoms with Gasteiger partial charge >= 0.3 is 5.97 Å². The summed E-state index contributed by atoms with van der Waals surface area (Å²) in [6.07, 6.45) is 0.810. The molecule has 2 atom stereocenters. The third kappa shape index (κ3) is 4.54. The van der Waals surface area contributed by atoms with Crippen molar-refractivity contribution in [3.05, 3.63) is 35.9 Å². The minimum absolute atomic E-state index is 0.0509. The number of aliphatic hydroxyl groups is 1. The average molecular weight is 354 g/mol. The fraction of sp³-hybridized carbons (Fsp3) is 0.556. The molecule has 1 saturated carbocycles. The molecule has 0 aliphatic heterocycles. The van der Waals surface area contributed by atoms with Gasteiger partial charge in [-0.2, -0.15) is 0 Å². The maximum Gasteiger partial charge on any atom is 0.343 e. The van der Waals surface area contributed by atoms with Crippen molar-refractivity contribution < 1.29 is 23.4 Å². The summed E-state index contributed by atoms with van der Waals surface area (Å²) in [5.41, 5.74) is -1.80. The van der Waals surface area contributed by atoms with Crippen molar-refractivity contribution in [2.45, 2.75) is 37.2 Å². The van der Waals surface area contributed by atoms with Crippen LogP contribution < -0.4 is 0 Å². The number of esters is 1. The Morgan fingerprint density at radius 3 is 2.72 bits per heavy atom.